The second-order valence-electron chi connectivity index (χ2n) is 5.31. The summed E-state index contributed by atoms with van der Waals surface area (Å²) in [6.07, 6.45) is 3.06. The summed E-state index contributed by atoms with van der Waals surface area (Å²) in [5.74, 6) is 0.935. The van der Waals surface area contributed by atoms with E-state index in [2.05, 4.69) is 15.6 Å². The van der Waals surface area contributed by atoms with Crippen molar-refractivity contribution in [3.05, 3.63) is 35.4 Å². The normalized spacial score (nSPS) is 17.7. The standard InChI is InChI=1S/C16H23F2N3S.HI/c1-2-19-16(21-11-15-4-3-7-22-15)20-6-5-12-8-13(17)10-14(18)9-12;/h8-10,15H,2-7,11H2,1H3,(H2,19,20,21);1H. The van der Waals surface area contributed by atoms with Crippen LogP contribution in [0.5, 0.6) is 0 Å². The lowest BCUT2D eigenvalue weighted by Crippen LogP contribution is -2.38. The van der Waals surface area contributed by atoms with Crippen LogP contribution in [-0.4, -0.2) is 36.6 Å². The van der Waals surface area contributed by atoms with Crippen molar-refractivity contribution in [1.29, 1.82) is 0 Å². The predicted molar refractivity (Wildman–Crippen MR) is 105 cm³/mol. The lowest BCUT2D eigenvalue weighted by molar-refractivity contribution is 0.579. The molecule has 130 valence electrons. The van der Waals surface area contributed by atoms with Crippen molar-refractivity contribution in [3.63, 3.8) is 0 Å². The molecule has 1 aliphatic rings. The van der Waals surface area contributed by atoms with Crippen molar-refractivity contribution in [2.24, 2.45) is 4.99 Å². The van der Waals surface area contributed by atoms with E-state index in [0.29, 0.717) is 23.8 Å². The molecule has 2 rings (SSSR count). The van der Waals surface area contributed by atoms with Crippen molar-refractivity contribution in [2.45, 2.75) is 31.4 Å². The van der Waals surface area contributed by atoms with Crippen LogP contribution >= 0.6 is 35.7 Å². The van der Waals surface area contributed by atoms with Crippen LogP contribution in [0, 0.1) is 11.6 Å². The SMILES string of the molecule is CCNC(=NCC1CCCS1)NCCc1cc(F)cc(F)c1.I. The molecule has 0 bridgehead atoms. The molecule has 1 fully saturated rings. The van der Waals surface area contributed by atoms with E-state index in [1.54, 1.807) is 0 Å². The monoisotopic (exact) mass is 455 g/mol. The van der Waals surface area contributed by atoms with Gasteiger partial charge >= 0.3 is 0 Å². The molecule has 0 spiro atoms. The van der Waals surface area contributed by atoms with E-state index in [9.17, 15) is 8.78 Å². The minimum atomic E-state index is -0.533. The molecule has 0 amide bonds. The predicted octanol–water partition coefficient (Wildman–Crippen LogP) is 3.58. The molecule has 3 nitrogen and oxygen atoms in total. The summed E-state index contributed by atoms with van der Waals surface area (Å²) in [5, 5.41) is 7.03. The van der Waals surface area contributed by atoms with Gasteiger partial charge in [0.2, 0.25) is 0 Å². The summed E-state index contributed by atoms with van der Waals surface area (Å²) in [6, 6.07) is 3.62. The van der Waals surface area contributed by atoms with Crippen molar-refractivity contribution >= 4 is 41.7 Å². The summed E-state index contributed by atoms with van der Waals surface area (Å²) in [4.78, 5) is 4.59. The van der Waals surface area contributed by atoms with Crippen LogP contribution in [-0.2, 0) is 6.42 Å². The van der Waals surface area contributed by atoms with Gasteiger partial charge < -0.3 is 10.6 Å². The number of aliphatic imine (C=N–C) groups is 1. The first-order chi connectivity index (χ1) is 10.7. The fourth-order valence-electron chi connectivity index (χ4n) is 2.40. The van der Waals surface area contributed by atoms with Crippen LogP contribution in [0.1, 0.15) is 25.3 Å². The molecule has 1 saturated heterocycles. The van der Waals surface area contributed by atoms with E-state index < -0.39 is 11.6 Å². The Labute approximate surface area is 158 Å². The van der Waals surface area contributed by atoms with Gasteiger partial charge in [0.15, 0.2) is 5.96 Å². The zero-order chi connectivity index (χ0) is 15.8. The Hall–Kier alpha value is -0.570. The van der Waals surface area contributed by atoms with Gasteiger partial charge in [0, 0.05) is 24.4 Å². The van der Waals surface area contributed by atoms with E-state index in [1.807, 2.05) is 18.7 Å². The topological polar surface area (TPSA) is 36.4 Å². The maximum absolute atomic E-state index is 13.1. The Morgan fingerprint density at radius 2 is 2.00 bits per heavy atom. The molecule has 23 heavy (non-hydrogen) atoms. The second-order valence-corrected chi connectivity index (χ2v) is 6.72. The van der Waals surface area contributed by atoms with Crippen molar-refractivity contribution in [2.75, 3.05) is 25.4 Å². The van der Waals surface area contributed by atoms with Crippen LogP contribution in [0.2, 0.25) is 0 Å². The van der Waals surface area contributed by atoms with Gasteiger partial charge in [-0.3, -0.25) is 4.99 Å². The number of hydrogen-bond acceptors (Lipinski definition) is 2. The lowest BCUT2D eigenvalue weighted by atomic mass is 10.1. The highest BCUT2D eigenvalue weighted by Crippen LogP contribution is 2.25. The summed E-state index contributed by atoms with van der Waals surface area (Å²) in [6.45, 7) is 4.21. The van der Waals surface area contributed by atoms with E-state index in [1.165, 1.54) is 30.7 Å². The second kappa shape index (κ2) is 11.1. The fraction of sp³-hybridized carbons (Fsp3) is 0.562. The number of rotatable bonds is 6. The van der Waals surface area contributed by atoms with Gasteiger partial charge in [-0.15, -0.1) is 24.0 Å². The van der Waals surface area contributed by atoms with Crippen molar-refractivity contribution in [3.8, 4) is 0 Å². The van der Waals surface area contributed by atoms with Crippen molar-refractivity contribution < 1.29 is 8.78 Å². The molecule has 1 atom stereocenters. The van der Waals surface area contributed by atoms with Gasteiger partial charge in [-0.2, -0.15) is 11.8 Å². The average Bonchev–Trinajstić information content (AvgIpc) is 2.97. The summed E-state index contributed by atoms with van der Waals surface area (Å²) in [7, 11) is 0. The van der Waals surface area contributed by atoms with Crippen LogP contribution in [0.25, 0.3) is 0 Å². The van der Waals surface area contributed by atoms with E-state index in [-0.39, 0.29) is 24.0 Å². The van der Waals surface area contributed by atoms with Gasteiger partial charge in [-0.25, -0.2) is 8.78 Å². The largest absolute Gasteiger partial charge is 0.357 e. The van der Waals surface area contributed by atoms with E-state index >= 15 is 0 Å². The highest BCUT2D eigenvalue weighted by Gasteiger charge is 2.14. The molecule has 0 aliphatic carbocycles. The highest BCUT2D eigenvalue weighted by atomic mass is 127. The maximum Gasteiger partial charge on any atom is 0.191 e. The Balaban J connectivity index is 0.00000264. The molecule has 7 heteroatoms. The van der Waals surface area contributed by atoms with Gasteiger partial charge in [0.1, 0.15) is 11.6 Å². The number of thioether (sulfide) groups is 1. The smallest absolute Gasteiger partial charge is 0.191 e. The first-order valence-corrected chi connectivity index (χ1v) is 8.81. The zero-order valence-electron chi connectivity index (χ0n) is 13.3. The quantitative estimate of drug-likeness (QED) is 0.391. The Bertz CT molecular complexity index is 488. The molecule has 1 heterocycles. The Morgan fingerprint density at radius 1 is 1.26 bits per heavy atom. The molecular weight excluding hydrogens is 431 g/mol. The van der Waals surface area contributed by atoms with Gasteiger partial charge in [-0.05, 0) is 49.6 Å². The summed E-state index contributed by atoms with van der Waals surface area (Å²) >= 11 is 1.98. The number of nitrogens with zero attached hydrogens (tertiary/aromatic N) is 1. The third-order valence-electron chi connectivity index (χ3n) is 3.45. The third kappa shape index (κ3) is 7.69. The van der Waals surface area contributed by atoms with Gasteiger partial charge in [0.05, 0.1) is 6.54 Å². The third-order valence-corrected chi connectivity index (χ3v) is 4.83. The first kappa shape index (κ1) is 20.5. The van der Waals surface area contributed by atoms with E-state index in [4.69, 9.17) is 0 Å². The molecule has 1 aromatic carbocycles. The number of nitrogens with one attached hydrogen (secondary N) is 2. The van der Waals surface area contributed by atoms with Crippen LogP contribution in [0.3, 0.4) is 0 Å². The minimum Gasteiger partial charge on any atom is -0.357 e. The van der Waals surface area contributed by atoms with Crippen LogP contribution in [0.4, 0.5) is 8.78 Å². The fourth-order valence-corrected chi connectivity index (χ4v) is 3.58. The lowest BCUT2D eigenvalue weighted by Gasteiger charge is -2.12. The molecule has 0 radical (unpaired) electrons. The zero-order valence-corrected chi connectivity index (χ0v) is 16.4. The Kier molecular flexibility index (Phi) is 9.85. The van der Waals surface area contributed by atoms with Crippen molar-refractivity contribution in [1.82, 2.24) is 10.6 Å². The molecule has 1 aromatic rings. The summed E-state index contributed by atoms with van der Waals surface area (Å²) in [5.41, 5.74) is 0.646. The maximum atomic E-state index is 13.1. The van der Waals surface area contributed by atoms with Crippen LogP contribution < -0.4 is 10.6 Å². The average molecular weight is 455 g/mol. The van der Waals surface area contributed by atoms with Gasteiger partial charge in [-0.1, -0.05) is 0 Å². The number of guanidine groups is 1. The van der Waals surface area contributed by atoms with Gasteiger partial charge in [0.25, 0.3) is 0 Å². The Morgan fingerprint density at radius 3 is 2.61 bits per heavy atom. The molecule has 2 N–H and O–H groups in total. The molecule has 1 unspecified atom stereocenters. The highest BCUT2D eigenvalue weighted by molar-refractivity contribution is 14.0. The molecular formula is C16H24F2IN3S. The van der Waals surface area contributed by atoms with E-state index in [0.717, 1.165) is 25.1 Å². The molecule has 0 saturated carbocycles. The number of hydrogen-bond donors (Lipinski definition) is 2. The summed E-state index contributed by atoms with van der Waals surface area (Å²) < 4.78 is 26.3. The molecule has 0 aromatic heterocycles. The molecule has 1 aliphatic heterocycles. The number of benzene rings is 1. The van der Waals surface area contributed by atoms with Crippen LogP contribution in [0.15, 0.2) is 23.2 Å². The number of halogens is 3. The first-order valence-electron chi connectivity index (χ1n) is 7.76. The minimum absolute atomic E-state index is 0.